The molecule has 2 aromatic rings. The quantitative estimate of drug-likeness (QED) is 0.731. The zero-order valence-corrected chi connectivity index (χ0v) is 6.89. The smallest absolute Gasteiger partial charge is 0.367 e. The summed E-state index contributed by atoms with van der Waals surface area (Å²) in [5, 5.41) is 0. The van der Waals surface area contributed by atoms with E-state index in [1.807, 2.05) is 0 Å². The summed E-state index contributed by atoms with van der Waals surface area (Å²) in [5.41, 5.74) is 0.992. The first-order chi connectivity index (χ1) is 6.57. The molecule has 0 spiro atoms. The summed E-state index contributed by atoms with van der Waals surface area (Å²) in [7, 11) is 0. The highest BCUT2D eigenvalue weighted by Crippen LogP contribution is 2.28. The Balaban J connectivity index is 2.36. The van der Waals surface area contributed by atoms with Crippen LogP contribution in [0.2, 0.25) is 0 Å². The number of rotatable bonds is 1. The summed E-state index contributed by atoms with van der Waals surface area (Å²) in [4.78, 5) is 8.20. The fraction of sp³-hybridized carbons (Fsp3) is 0.125. The number of alkyl halides is 3. The highest BCUT2D eigenvalue weighted by molar-refractivity contribution is 5.57. The fourth-order valence-electron chi connectivity index (χ4n) is 1.10. The van der Waals surface area contributed by atoms with E-state index in [9.17, 15) is 13.2 Å². The largest absolute Gasteiger partial charge is 0.449 e. The molecule has 0 aromatic carbocycles. The van der Waals surface area contributed by atoms with Crippen LogP contribution in [-0.4, -0.2) is 15.0 Å². The van der Waals surface area contributed by atoms with Gasteiger partial charge in [-0.25, -0.2) is 4.98 Å². The minimum atomic E-state index is -4.42. The molecule has 2 rings (SSSR count). The Morgan fingerprint density at radius 3 is 2.57 bits per heavy atom. The van der Waals surface area contributed by atoms with E-state index in [1.54, 1.807) is 18.5 Å². The van der Waals surface area contributed by atoms with Crippen LogP contribution in [-0.2, 0) is 6.18 Å². The number of hydrogen-bond acceptors (Lipinski definition) is 1. The lowest BCUT2D eigenvalue weighted by Gasteiger charge is -1.99. The highest BCUT2D eigenvalue weighted by atomic mass is 19.4. The number of aromatic nitrogens is 3. The molecule has 0 aliphatic heterocycles. The highest BCUT2D eigenvalue weighted by Gasteiger charge is 2.34. The van der Waals surface area contributed by atoms with Gasteiger partial charge in [-0.1, -0.05) is 0 Å². The van der Waals surface area contributed by atoms with Gasteiger partial charge in [-0.15, -0.1) is 0 Å². The van der Waals surface area contributed by atoms with Crippen molar-refractivity contribution in [2.24, 2.45) is 0 Å². The molecule has 0 fully saturated rings. The molecule has 0 bridgehead atoms. The maximum absolute atomic E-state index is 12.1. The maximum Gasteiger partial charge on any atom is 0.449 e. The SMILES string of the molecule is FC(F)(F)c1ncc(-c2cc[nH]c2)[nH]1. The predicted molar refractivity (Wildman–Crippen MR) is 43.4 cm³/mol. The summed E-state index contributed by atoms with van der Waals surface area (Å²) in [6.45, 7) is 0. The van der Waals surface area contributed by atoms with Gasteiger partial charge in [0.15, 0.2) is 0 Å². The number of H-pyrrole nitrogens is 2. The van der Waals surface area contributed by atoms with Gasteiger partial charge in [0, 0.05) is 18.0 Å². The van der Waals surface area contributed by atoms with Crippen molar-refractivity contribution >= 4 is 0 Å². The Kier molecular flexibility index (Phi) is 1.83. The molecule has 3 nitrogen and oxygen atoms in total. The molecule has 74 valence electrons. The Morgan fingerprint density at radius 1 is 1.29 bits per heavy atom. The van der Waals surface area contributed by atoms with Gasteiger partial charge in [0.2, 0.25) is 5.82 Å². The van der Waals surface area contributed by atoms with Gasteiger partial charge in [-0.3, -0.25) is 0 Å². The molecular formula is C8H6F3N3. The van der Waals surface area contributed by atoms with Crippen LogP contribution >= 0.6 is 0 Å². The average Bonchev–Trinajstić information content (AvgIpc) is 2.73. The molecule has 6 heteroatoms. The van der Waals surface area contributed by atoms with Crippen molar-refractivity contribution in [1.29, 1.82) is 0 Å². The van der Waals surface area contributed by atoms with Gasteiger partial charge in [-0.2, -0.15) is 13.2 Å². The molecule has 2 N–H and O–H groups in total. The Hall–Kier alpha value is -1.72. The number of aromatic amines is 2. The van der Waals surface area contributed by atoms with Crippen LogP contribution in [0.5, 0.6) is 0 Å². The second-order valence-electron chi connectivity index (χ2n) is 2.74. The van der Waals surface area contributed by atoms with Crippen LogP contribution in [0.15, 0.2) is 24.7 Å². The third-order valence-electron chi connectivity index (χ3n) is 1.75. The monoisotopic (exact) mass is 201 g/mol. The maximum atomic E-state index is 12.1. The van der Waals surface area contributed by atoms with Crippen molar-refractivity contribution in [2.45, 2.75) is 6.18 Å². The van der Waals surface area contributed by atoms with Crippen LogP contribution in [0.1, 0.15) is 5.82 Å². The summed E-state index contributed by atoms with van der Waals surface area (Å²) < 4.78 is 36.4. The lowest BCUT2D eigenvalue weighted by atomic mass is 10.3. The number of imidazole rings is 1. The van der Waals surface area contributed by atoms with Crippen molar-refractivity contribution in [3.63, 3.8) is 0 Å². The molecule has 0 amide bonds. The number of halogens is 3. The first kappa shape index (κ1) is 8.86. The third kappa shape index (κ3) is 1.50. The topological polar surface area (TPSA) is 44.5 Å². The van der Waals surface area contributed by atoms with E-state index in [-0.39, 0.29) is 0 Å². The second-order valence-corrected chi connectivity index (χ2v) is 2.74. The molecule has 14 heavy (non-hydrogen) atoms. The lowest BCUT2D eigenvalue weighted by molar-refractivity contribution is -0.144. The normalized spacial score (nSPS) is 11.9. The van der Waals surface area contributed by atoms with E-state index in [1.165, 1.54) is 0 Å². The third-order valence-corrected chi connectivity index (χ3v) is 1.75. The van der Waals surface area contributed by atoms with E-state index < -0.39 is 12.0 Å². The zero-order valence-electron chi connectivity index (χ0n) is 6.89. The van der Waals surface area contributed by atoms with Gasteiger partial charge < -0.3 is 9.97 Å². The zero-order chi connectivity index (χ0) is 10.2. The van der Waals surface area contributed by atoms with Crippen LogP contribution in [0.25, 0.3) is 11.3 Å². The number of nitrogens with zero attached hydrogens (tertiary/aromatic N) is 1. The minimum Gasteiger partial charge on any atom is -0.367 e. The van der Waals surface area contributed by atoms with Crippen LogP contribution in [0.3, 0.4) is 0 Å². The first-order valence-corrected chi connectivity index (χ1v) is 3.83. The molecule has 0 aliphatic carbocycles. The Labute approximate surface area is 77.0 Å². The number of nitrogens with one attached hydrogen (secondary N) is 2. The molecule has 2 heterocycles. The van der Waals surface area contributed by atoms with Gasteiger partial charge in [0.25, 0.3) is 0 Å². The average molecular weight is 201 g/mol. The van der Waals surface area contributed by atoms with Gasteiger partial charge in [-0.05, 0) is 6.07 Å². The summed E-state index contributed by atoms with van der Waals surface area (Å²) in [6, 6.07) is 1.66. The van der Waals surface area contributed by atoms with Crippen molar-refractivity contribution < 1.29 is 13.2 Å². The molecular weight excluding hydrogens is 195 g/mol. The molecule has 0 unspecified atom stereocenters. The second kappa shape index (κ2) is 2.90. The number of hydrogen-bond donors (Lipinski definition) is 2. The molecule has 0 radical (unpaired) electrons. The van der Waals surface area contributed by atoms with Crippen molar-refractivity contribution in [3.05, 3.63) is 30.5 Å². The van der Waals surface area contributed by atoms with E-state index in [0.717, 1.165) is 6.20 Å². The van der Waals surface area contributed by atoms with Crippen LogP contribution in [0, 0.1) is 0 Å². The summed E-state index contributed by atoms with van der Waals surface area (Å²) in [6.07, 6.45) is -0.0440. The molecule has 0 atom stereocenters. The van der Waals surface area contributed by atoms with Crippen molar-refractivity contribution in [3.8, 4) is 11.3 Å². The van der Waals surface area contributed by atoms with E-state index in [4.69, 9.17) is 0 Å². The molecule has 0 saturated heterocycles. The lowest BCUT2D eigenvalue weighted by Crippen LogP contribution is -2.06. The van der Waals surface area contributed by atoms with Gasteiger partial charge >= 0.3 is 6.18 Å². The Morgan fingerprint density at radius 2 is 2.07 bits per heavy atom. The summed E-state index contributed by atoms with van der Waals surface area (Å²) >= 11 is 0. The molecule has 2 aromatic heterocycles. The van der Waals surface area contributed by atoms with Gasteiger partial charge in [0.1, 0.15) is 0 Å². The van der Waals surface area contributed by atoms with Crippen molar-refractivity contribution in [1.82, 2.24) is 15.0 Å². The van der Waals surface area contributed by atoms with Crippen LogP contribution < -0.4 is 0 Å². The first-order valence-electron chi connectivity index (χ1n) is 3.83. The fourth-order valence-corrected chi connectivity index (χ4v) is 1.10. The van der Waals surface area contributed by atoms with E-state index in [0.29, 0.717) is 11.3 Å². The van der Waals surface area contributed by atoms with E-state index in [2.05, 4.69) is 15.0 Å². The van der Waals surface area contributed by atoms with Crippen LogP contribution in [0.4, 0.5) is 13.2 Å². The summed E-state index contributed by atoms with van der Waals surface area (Å²) in [5.74, 6) is -0.978. The van der Waals surface area contributed by atoms with Gasteiger partial charge in [0.05, 0.1) is 11.9 Å². The molecule has 0 saturated carbocycles. The standard InChI is InChI=1S/C8H6F3N3/c9-8(10,11)7-13-4-6(14-7)5-1-2-12-3-5/h1-4,12H,(H,13,14). The Bertz CT molecular complexity index is 413. The van der Waals surface area contributed by atoms with E-state index >= 15 is 0 Å². The minimum absolute atomic E-state index is 0.346. The predicted octanol–water partition coefficient (Wildman–Crippen LogP) is 2.42. The molecule has 0 aliphatic rings. The van der Waals surface area contributed by atoms with Crippen molar-refractivity contribution in [2.75, 3.05) is 0 Å².